The number of carbonyl (C=O) groups excluding carboxylic acids is 2. The number of benzene rings is 1. The molecule has 4 rings (SSSR count). The second-order valence-electron chi connectivity index (χ2n) is 6.19. The molecule has 0 radical (unpaired) electrons. The molecule has 0 fully saturated rings. The Morgan fingerprint density at radius 1 is 1.22 bits per heavy atom. The van der Waals surface area contributed by atoms with Crippen molar-refractivity contribution in [3.63, 3.8) is 0 Å². The van der Waals surface area contributed by atoms with Gasteiger partial charge < -0.3 is 9.72 Å². The molecule has 0 aliphatic carbocycles. The van der Waals surface area contributed by atoms with E-state index in [0.29, 0.717) is 11.9 Å². The highest BCUT2D eigenvalue weighted by atomic mass is 16.5. The Hall–Kier alpha value is -3.48. The van der Waals surface area contributed by atoms with E-state index in [0.717, 1.165) is 27.7 Å². The normalized spacial score (nSPS) is 11.2. The fraction of sp³-hybridized carbons (Fsp3) is 0.200. The van der Waals surface area contributed by atoms with Gasteiger partial charge in [0.25, 0.3) is 0 Å². The lowest BCUT2D eigenvalue weighted by molar-refractivity contribution is 0.0519. The predicted molar refractivity (Wildman–Crippen MR) is 101 cm³/mol. The van der Waals surface area contributed by atoms with Crippen molar-refractivity contribution in [2.24, 2.45) is 0 Å². The maximum atomic E-state index is 12.3. The van der Waals surface area contributed by atoms with E-state index in [-0.39, 0.29) is 18.2 Å². The monoisotopic (exact) mass is 362 g/mol. The number of rotatable bonds is 4. The summed E-state index contributed by atoms with van der Waals surface area (Å²) in [5.74, 6) is 0.230. The Bertz CT molecular complexity index is 1160. The number of ether oxygens (including phenoxy) is 1. The van der Waals surface area contributed by atoms with Crippen LogP contribution in [0.2, 0.25) is 0 Å². The first-order valence-electron chi connectivity index (χ1n) is 8.68. The highest BCUT2D eigenvalue weighted by Gasteiger charge is 2.19. The van der Waals surface area contributed by atoms with E-state index >= 15 is 0 Å². The second kappa shape index (κ2) is 6.68. The minimum absolute atomic E-state index is 0.115. The number of hydrogen-bond donors (Lipinski definition) is 1. The molecule has 0 bridgehead atoms. The Kier molecular flexibility index (Phi) is 4.19. The van der Waals surface area contributed by atoms with Gasteiger partial charge in [0.1, 0.15) is 11.5 Å². The predicted octanol–water partition coefficient (Wildman–Crippen LogP) is 3.34. The summed E-state index contributed by atoms with van der Waals surface area (Å²) < 4.78 is 6.69. The van der Waals surface area contributed by atoms with Crippen molar-refractivity contribution in [1.82, 2.24) is 19.5 Å². The van der Waals surface area contributed by atoms with Crippen LogP contribution in [-0.2, 0) is 11.2 Å². The molecule has 0 saturated carbocycles. The van der Waals surface area contributed by atoms with Crippen LogP contribution in [0.1, 0.15) is 40.5 Å². The average molecular weight is 362 g/mol. The number of aromatic nitrogens is 4. The van der Waals surface area contributed by atoms with Crippen LogP contribution in [-0.4, -0.2) is 38.0 Å². The van der Waals surface area contributed by atoms with E-state index in [1.807, 2.05) is 18.2 Å². The van der Waals surface area contributed by atoms with Gasteiger partial charge in [-0.25, -0.2) is 14.8 Å². The molecule has 7 heteroatoms. The number of esters is 1. The summed E-state index contributed by atoms with van der Waals surface area (Å²) in [4.78, 5) is 36.0. The summed E-state index contributed by atoms with van der Waals surface area (Å²) >= 11 is 0. The summed E-state index contributed by atoms with van der Waals surface area (Å²) in [5.41, 5.74) is 2.68. The van der Waals surface area contributed by atoms with Crippen LogP contribution in [0, 0.1) is 0 Å². The van der Waals surface area contributed by atoms with Gasteiger partial charge in [-0.05, 0) is 24.6 Å². The maximum absolute atomic E-state index is 12.3. The van der Waals surface area contributed by atoms with E-state index in [4.69, 9.17) is 4.74 Å². The molecule has 3 heterocycles. The summed E-state index contributed by atoms with van der Waals surface area (Å²) in [6.07, 6.45) is 5.62. The number of carbonyl (C=O) groups is 2. The van der Waals surface area contributed by atoms with Crippen molar-refractivity contribution >= 4 is 33.7 Å². The molecule has 0 amide bonds. The number of aromatic amines is 1. The third-order valence-electron chi connectivity index (χ3n) is 4.48. The van der Waals surface area contributed by atoms with Crippen LogP contribution in [0.15, 0.2) is 42.9 Å². The van der Waals surface area contributed by atoms with E-state index in [1.54, 1.807) is 36.1 Å². The SMILES string of the molecule is CCOC(=O)c1cc2c3c(Cc4ncc[nH]4)cccc3n(C(C)=O)c2cn1. The van der Waals surface area contributed by atoms with Crippen molar-refractivity contribution in [3.8, 4) is 0 Å². The van der Waals surface area contributed by atoms with Crippen molar-refractivity contribution in [2.45, 2.75) is 20.3 Å². The molecule has 0 atom stereocenters. The highest BCUT2D eigenvalue weighted by molar-refractivity contribution is 6.15. The molecule has 0 spiro atoms. The fourth-order valence-corrected chi connectivity index (χ4v) is 3.42. The number of nitrogens with one attached hydrogen (secondary N) is 1. The van der Waals surface area contributed by atoms with Crippen LogP contribution >= 0.6 is 0 Å². The lowest BCUT2D eigenvalue weighted by Crippen LogP contribution is -2.08. The van der Waals surface area contributed by atoms with E-state index in [1.165, 1.54) is 6.92 Å². The van der Waals surface area contributed by atoms with Gasteiger partial charge in [0.2, 0.25) is 5.91 Å². The molecule has 136 valence electrons. The molecule has 0 unspecified atom stereocenters. The van der Waals surface area contributed by atoms with Gasteiger partial charge in [-0.15, -0.1) is 0 Å². The van der Waals surface area contributed by atoms with Crippen molar-refractivity contribution in [1.29, 1.82) is 0 Å². The first kappa shape index (κ1) is 17.0. The van der Waals surface area contributed by atoms with Crippen molar-refractivity contribution in [3.05, 3.63) is 59.9 Å². The van der Waals surface area contributed by atoms with E-state index in [2.05, 4.69) is 15.0 Å². The van der Waals surface area contributed by atoms with Crippen LogP contribution in [0.5, 0.6) is 0 Å². The van der Waals surface area contributed by atoms with Gasteiger partial charge in [-0.2, -0.15) is 0 Å². The molecule has 0 saturated heterocycles. The van der Waals surface area contributed by atoms with E-state index in [9.17, 15) is 9.59 Å². The highest BCUT2D eigenvalue weighted by Crippen LogP contribution is 2.32. The lowest BCUT2D eigenvalue weighted by Gasteiger charge is -2.04. The quantitative estimate of drug-likeness (QED) is 0.562. The molecule has 4 aromatic rings. The average Bonchev–Trinajstić information content (AvgIpc) is 3.27. The van der Waals surface area contributed by atoms with Gasteiger partial charge in [0.15, 0.2) is 0 Å². The Morgan fingerprint density at radius 2 is 2.07 bits per heavy atom. The first-order chi connectivity index (χ1) is 13.1. The standard InChI is InChI=1S/C20H18N4O3/c1-3-27-20(26)15-10-14-17(11-23-15)24(12(2)25)16-6-4-5-13(19(14)16)9-18-21-7-8-22-18/h4-8,10-11H,3,9H2,1-2H3,(H,21,22). The second-order valence-corrected chi connectivity index (χ2v) is 6.19. The Balaban J connectivity index is 2.01. The molecule has 0 aliphatic rings. The number of imidazole rings is 1. The molecule has 27 heavy (non-hydrogen) atoms. The third kappa shape index (κ3) is 2.87. The van der Waals surface area contributed by atoms with E-state index < -0.39 is 5.97 Å². The summed E-state index contributed by atoms with van der Waals surface area (Å²) in [5, 5.41) is 1.70. The van der Waals surface area contributed by atoms with Crippen molar-refractivity contribution in [2.75, 3.05) is 6.61 Å². The number of fused-ring (bicyclic) bond motifs is 3. The molecule has 3 aromatic heterocycles. The number of nitrogens with zero attached hydrogens (tertiary/aromatic N) is 3. The molecular weight excluding hydrogens is 344 g/mol. The van der Waals surface area contributed by atoms with Crippen LogP contribution in [0.25, 0.3) is 21.8 Å². The molecule has 0 aliphatic heterocycles. The minimum atomic E-state index is -0.480. The molecule has 1 N–H and O–H groups in total. The fourth-order valence-electron chi connectivity index (χ4n) is 3.42. The number of hydrogen-bond acceptors (Lipinski definition) is 5. The molecular formula is C20H18N4O3. The zero-order valence-corrected chi connectivity index (χ0v) is 15.0. The summed E-state index contributed by atoms with van der Waals surface area (Å²) in [6, 6.07) is 7.50. The maximum Gasteiger partial charge on any atom is 0.356 e. The van der Waals surface area contributed by atoms with Gasteiger partial charge in [0.05, 0.1) is 23.8 Å². The zero-order chi connectivity index (χ0) is 19.0. The molecule has 7 nitrogen and oxygen atoms in total. The van der Waals surface area contributed by atoms with Crippen LogP contribution in [0.3, 0.4) is 0 Å². The summed E-state index contributed by atoms with van der Waals surface area (Å²) in [7, 11) is 0. The topological polar surface area (TPSA) is 89.9 Å². The Labute approximate surface area is 155 Å². The van der Waals surface area contributed by atoms with Crippen LogP contribution in [0.4, 0.5) is 0 Å². The lowest BCUT2D eigenvalue weighted by atomic mass is 10.0. The number of H-pyrrole nitrogens is 1. The van der Waals surface area contributed by atoms with Crippen molar-refractivity contribution < 1.29 is 14.3 Å². The van der Waals surface area contributed by atoms with Gasteiger partial charge in [-0.3, -0.25) is 9.36 Å². The smallest absolute Gasteiger partial charge is 0.356 e. The first-order valence-corrected chi connectivity index (χ1v) is 8.68. The number of pyridine rings is 1. The zero-order valence-electron chi connectivity index (χ0n) is 15.0. The van der Waals surface area contributed by atoms with Crippen LogP contribution < -0.4 is 0 Å². The Morgan fingerprint density at radius 3 is 2.78 bits per heavy atom. The van der Waals surface area contributed by atoms with Gasteiger partial charge >= 0.3 is 5.97 Å². The van der Waals surface area contributed by atoms with Gasteiger partial charge in [0, 0.05) is 36.5 Å². The minimum Gasteiger partial charge on any atom is -0.461 e. The van der Waals surface area contributed by atoms with Gasteiger partial charge in [-0.1, -0.05) is 12.1 Å². The largest absolute Gasteiger partial charge is 0.461 e. The summed E-state index contributed by atoms with van der Waals surface area (Å²) in [6.45, 7) is 3.54. The third-order valence-corrected chi connectivity index (χ3v) is 4.48. The molecule has 1 aromatic carbocycles.